The number of carboxylic acid groups (broad SMARTS) is 4. The van der Waals surface area contributed by atoms with Crippen LogP contribution in [0.2, 0.25) is 0 Å². The van der Waals surface area contributed by atoms with Crippen LogP contribution in [-0.2, 0) is 85.8 Å². The second-order valence-electron chi connectivity index (χ2n) is 29.1. The molecule has 25 heteroatoms. The first-order valence-electron chi connectivity index (χ1n) is 42.1. The van der Waals surface area contributed by atoms with Crippen molar-refractivity contribution in [3.63, 3.8) is 0 Å². The largest absolute Gasteiger partial charge is 0.480 e. The minimum atomic E-state index is -1.74. The van der Waals surface area contributed by atoms with Crippen LogP contribution in [0.1, 0.15) is 323 Å². The zero-order chi connectivity index (χ0) is 78.6. The van der Waals surface area contributed by atoms with E-state index < -0.39 is 105 Å². The first-order valence-corrected chi connectivity index (χ1v) is 42.1. The van der Waals surface area contributed by atoms with Gasteiger partial charge in [0.25, 0.3) is 0 Å². The van der Waals surface area contributed by atoms with E-state index in [1.807, 2.05) is 0 Å². The Bertz CT molecular complexity index is 1990. The summed E-state index contributed by atoms with van der Waals surface area (Å²) >= 11 is 0. The Labute approximate surface area is 644 Å². The van der Waals surface area contributed by atoms with Gasteiger partial charge in [-0.1, -0.05) is 271 Å². The molecule has 25 nitrogen and oxygen atoms in total. The molecule has 0 saturated heterocycles. The molecule has 0 amide bonds. The molecule has 0 aromatic rings. The fourth-order valence-corrected chi connectivity index (χ4v) is 12.4. The number of hydrogen-bond donors (Lipinski definition) is 4. The van der Waals surface area contributed by atoms with Crippen LogP contribution >= 0.6 is 0 Å². The number of ether oxygens (including phenoxy) is 9. The highest BCUT2D eigenvalue weighted by molar-refractivity contribution is 5.80. The Hall–Kier alpha value is -5.05. The van der Waals surface area contributed by atoms with Crippen molar-refractivity contribution in [1.29, 1.82) is 0 Å². The van der Waals surface area contributed by atoms with Crippen LogP contribution in [0.15, 0.2) is 0 Å². The highest BCUT2D eigenvalue weighted by Crippen LogP contribution is 2.26. The Kier molecular flexibility index (Phi) is 72.7. The minimum absolute atomic E-state index is 0.000316. The molecule has 0 bridgehead atoms. The number of carbonyl (C=O) groups excluding carboxylic acids is 5. The summed E-state index contributed by atoms with van der Waals surface area (Å²) in [5.74, 6) is -7.80. The molecule has 626 valence electrons. The molecule has 4 N–H and O–H groups in total. The smallest absolute Gasteiger partial charge is 0.322 e. The Morgan fingerprint density at radius 1 is 0.234 bits per heavy atom. The summed E-state index contributed by atoms with van der Waals surface area (Å²) < 4.78 is 51.2. The van der Waals surface area contributed by atoms with Gasteiger partial charge in [0.15, 0.2) is 5.41 Å². The SMILES string of the molecule is CCCCCCCCCCCCCCCC(=O)OCC(COC(=O)CCCCCCCCCCCCCCC)(COC(=O)CCCCCCCCCCCCCCC)C(=O)OCCCCCCCOCCOCCOCCOCCOC(=O)CN(CCN(CC(=O)O)CC(=O)O)CCN(CC(=O)O)CC(=O)O. The molecule has 0 aliphatic carbocycles. The molecule has 0 atom stereocenters. The van der Waals surface area contributed by atoms with Crippen molar-refractivity contribution < 1.29 is 106 Å². The van der Waals surface area contributed by atoms with Crippen LogP contribution in [-0.4, -0.2) is 234 Å². The molecule has 0 fully saturated rings. The molecule has 0 aromatic heterocycles. The predicted molar refractivity (Wildman–Crippen MR) is 414 cm³/mol. The number of unbranched alkanes of at least 4 members (excludes halogenated alkanes) is 40. The maximum atomic E-state index is 14.4. The van der Waals surface area contributed by atoms with E-state index >= 15 is 0 Å². The zero-order valence-electron chi connectivity index (χ0n) is 67.3. The number of esters is 5. The van der Waals surface area contributed by atoms with Gasteiger partial charge in [-0.25, -0.2) is 0 Å². The number of carbonyl (C=O) groups is 9. The molecule has 107 heavy (non-hydrogen) atoms. The quantitative estimate of drug-likeness (QED) is 0.0250. The molecule has 0 aliphatic rings. The van der Waals surface area contributed by atoms with Gasteiger partial charge in [-0.15, -0.1) is 0 Å². The third-order valence-electron chi connectivity index (χ3n) is 18.9. The van der Waals surface area contributed by atoms with Gasteiger partial charge < -0.3 is 63.1 Å². The van der Waals surface area contributed by atoms with Gasteiger partial charge in [0, 0.05) is 52.0 Å². The average molecular weight is 1530 g/mol. The van der Waals surface area contributed by atoms with E-state index in [9.17, 15) is 63.6 Å². The average Bonchev–Trinajstić information content (AvgIpc) is 0.828. The number of rotatable bonds is 85. The topological polar surface area (TPSA) is 327 Å². The Morgan fingerprint density at radius 3 is 0.748 bits per heavy atom. The molecule has 0 rings (SSSR count). The summed E-state index contributed by atoms with van der Waals surface area (Å²) in [5, 5.41) is 36.9. The van der Waals surface area contributed by atoms with E-state index in [-0.39, 0.29) is 85.0 Å². The molecule has 0 radical (unpaired) electrons. The summed E-state index contributed by atoms with van der Waals surface area (Å²) in [4.78, 5) is 116. The molecule has 0 aromatic carbocycles. The summed E-state index contributed by atoms with van der Waals surface area (Å²) in [7, 11) is 0. The second-order valence-corrected chi connectivity index (χ2v) is 29.1. The van der Waals surface area contributed by atoms with Gasteiger partial charge in [0.2, 0.25) is 0 Å². The lowest BCUT2D eigenvalue weighted by atomic mass is 9.91. The van der Waals surface area contributed by atoms with Crippen LogP contribution in [0.5, 0.6) is 0 Å². The van der Waals surface area contributed by atoms with Crippen molar-refractivity contribution in [1.82, 2.24) is 14.7 Å². The van der Waals surface area contributed by atoms with Gasteiger partial charge >= 0.3 is 53.7 Å². The van der Waals surface area contributed by atoms with Gasteiger partial charge in [-0.3, -0.25) is 57.9 Å². The summed E-state index contributed by atoms with van der Waals surface area (Å²) in [5.41, 5.74) is -1.74. The third-order valence-corrected chi connectivity index (χ3v) is 18.9. The van der Waals surface area contributed by atoms with Crippen LogP contribution in [0.25, 0.3) is 0 Å². The normalized spacial score (nSPS) is 11.6. The maximum Gasteiger partial charge on any atom is 0.322 e. The number of nitrogens with zero attached hydrogens (tertiary/aromatic N) is 3. The number of carboxylic acids is 4. The Morgan fingerprint density at radius 2 is 0.467 bits per heavy atom. The van der Waals surface area contributed by atoms with Crippen molar-refractivity contribution in [2.75, 3.05) is 145 Å². The molecule has 0 saturated carbocycles. The molecule has 0 unspecified atom stereocenters. The fraction of sp³-hybridized carbons (Fsp3) is 0.890. The Balaban J connectivity index is 5.26. The van der Waals surface area contributed by atoms with E-state index in [0.717, 1.165) is 93.3 Å². The second kappa shape index (κ2) is 76.3. The number of aliphatic carboxylic acids is 4. The standard InChI is InChI=1S/C82H151N3O22/c1-4-7-10-13-16-19-22-25-28-31-34-38-43-48-77(94)105-70-82(71-106-78(95)49-44-39-35-32-29-26-23-20-17-14-11-8-5-2,72-107-79(96)50-45-40-36-33-30-27-24-21-18-15-12-9-6-3)81(98)104-56-47-42-37-41-46-55-99-57-58-100-59-60-101-61-62-102-63-64-103-80(97)69-83(51-53-84(65-73(86)87)66-74(88)89)52-54-85(67-75(90)91)68-76(92)93/h4-72H2,1-3H3,(H,86,87)(H,88,89)(H,90,91)(H,92,93). The highest BCUT2D eigenvalue weighted by atomic mass is 16.6. The zero-order valence-corrected chi connectivity index (χ0v) is 67.3. The van der Waals surface area contributed by atoms with E-state index in [1.54, 1.807) is 0 Å². The summed E-state index contributed by atoms with van der Waals surface area (Å²) in [6, 6.07) is 0. The molecular weight excluding hydrogens is 1380 g/mol. The third kappa shape index (κ3) is 71.0. The lowest BCUT2D eigenvalue weighted by Crippen LogP contribution is -2.47. The van der Waals surface area contributed by atoms with Crippen LogP contribution in [0, 0.1) is 5.41 Å². The maximum absolute atomic E-state index is 14.4. The monoisotopic (exact) mass is 1530 g/mol. The summed E-state index contributed by atoms with van der Waals surface area (Å²) in [6.07, 6.45) is 50.3. The molecule has 0 aliphatic heterocycles. The fourth-order valence-electron chi connectivity index (χ4n) is 12.4. The van der Waals surface area contributed by atoms with E-state index in [0.29, 0.717) is 58.7 Å². The first kappa shape index (κ1) is 102. The molecule has 0 spiro atoms. The van der Waals surface area contributed by atoms with Crippen LogP contribution < -0.4 is 0 Å². The van der Waals surface area contributed by atoms with Crippen molar-refractivity contribution in [3.05, 3.63) is 0 Å². The van der Waals surface area contributed by atoms with E-state index in [4.69, 9.17) is 42.6 Å². The van der Waals surface area contributed by atoms with Gasteiger partial charge in [0.1, 0.15) is 26.4 Å². The van der Waals surface area contributed by atoms with Crippen LogP contribution in [0.3, 0.4) is 0 Å². The predicted octanol–water partition coefficient (Wildman–Crippen LogP) is 15.4. The highest BCUT2D eigenvalue weighted by Gasteiger charge is 2.45. The van der Waals surface area contributed by atoms with Gasteiger partial charge in [0.05, 0.1) is 85.6 Å². The van der Waals surface area contributed by atoms with Crippen molar-refractivity contribution in [2.45, 2.75) is 323 Å². The van der Waals surface area contributed by atoms with Crippen molar-refractivity contribution in [2.24, 2.45) is 5.41 Å². The molecular formula is C82H151N3O22. The van der Waals surface area contributed by atoms with E-state index in [1.165, 1.54) is 178 Å². The first-order chi connectivity index (χ1) is 52.0. The lowest BCUT2D eigenvalue weighted by molar-refractivity contribution is -0.180. The van der Waals surface area contributed by atoms with Crippen LogP contribution in [0.4, 0.5) is 0 Å². The summed E-state index contributed by atoms with van der Waals surface area (Å²) in [6.45, 7) is 5.08. The van der Waals surface area contributed by atoms with Crippen molar-refractivity contribution in [3.8, 4) is 0 Å². The van der Waals surface area contributed by atoms with Crippen molar-refractivity contribution >= 4 is 53.7 Å². The van der Waals surface area contributed by atoms with Gasteiger partial charge in [-0.2, -0.15) is 0 Å². The van der Waals surface area contributed by atoms with Gasteiger partial charge in [-0.05, 0) is 32.1 Å². The van der Waals surface area contributed by atoms with E-state index in [2.05, 4.69) is 20.8 Å². The number of hydrogen-bond acceptors (Lipinski definition) is 21. The lowest BCUT2D eigenvalue weighted by Gasteiger charge is -2.30. The molecule has 0 heterocycles. The minimum Gasteiger partial charge on any atom is -0.480 e.